The summed E-state index contributed by atoms with van der Waals surface area (Å²) in [5, 5.41) is 3.29. The molecule has 1 atom stereocenters. The second kappa shape index (κ2) is 5.94. The minimum atomic E-state index is -0.332. The third-order valence-electron chi connectivity index (χ3n) is 3.25. The first kappa shape index (κ1) is 13.0. The van der Waals surface area contributed by atoms with Gasteiger partial charge in [0.2, 0.25) is 0 Å². The fraction of sp³-hybridized carbons (Fsp3) is 0.538. The van der Waals surface area contributed by atoms with Crippen molar-refractivity contribution < 1.29 is 4.39 Å². The zero-order valence-electron chi connectivity index (χ0n) is 10.0. The number of alkyl halides is 1. The van der Waals surface area contributed by atoms with Crippen LogP contribution in [0.15, 0.2) is 22.7 Å². The summed E-state index contributed by atoms with van der Waals surface area (Å²) in [7, 11) is 0. The molecule has 0 saturated carbocycles. The van der Waals surface area contributed by atoms with Crippen molar-refractivity contribution in [3.05, 3.63) is 33.8 Å². The average Bonchev–Trinajstić information content (AvgIpc) is 2.34. The van der Waals surface area contributed by atoms with Crippen LogP contribution in [0.2, 0.25) is 0 Å². The minimum absolute atomic E-state index is 0.118. The third kappa shape index (κ3) is 3.06. The standard InChI is InChI=1S/C13H18BrFN2/c1-10-2-3-11(12(14)8-10)13(9-15)17-6-4-16-5-7-17/h2-3,8,13,16H,4-7,9H2,1H3/t13-/m0/s1. The maximum atomic E-state index is 13.3. The molecular weight excluding hydrogens is 283 g/mol. The maximum Gasteiger partial charge on any atom is 0.109 e. The maximum absolute atomic E-state index is 13.3. The summed E-state index contributed by atoms with van der Waals surface area (Å²) in [6, 6.07) is 6.02. The molecular formula is C13H18BrFN2. The van der Waals surface area contributed by atoms with E-state index in [1.54, 1.807) is 0 Å². The Hall–Kier alpha value is -0.450. The molecule has 1 fully saturated rings. The SMILES string of the molecule is Cc1ccc([C@H](CF)N2CCNCC2)c(Br)c1. The summed E-state index contributed by atoms with van der Waals surface area (Å²) >= 11 is 3.55. The molecule has 1 aromatic rings. The van der Waals surface area contributed by atoms with Crippen LogP contribution < -0.4 is 5.32 Å². The van der Waals surface area contributed by atoms with E-state index < -0.39 is 0 Å². The molecule has 0 unspecified atom stereocenters. The molecule has 94 valence electrons. The van der Waals surface area contributed by atoms with E-state index in [4.69, 9.17) is 0 Å². The highest BCUT2D eigenvalue weighted by Gasteiger charge is 2.23. The first-order valence-electron chi connectivity index (χ1n) is 5.99. The molecule has 1 aliphatic heterocycles. The predicted octanol–water partition coefficient (Wildman–Crippen LogP) is 2.67. The number of piperazine rings is 1. The molecule has 0 radical (unpaired) electrons. The molecule has 4 heteroatoms. The number of hydrogen-bond donors (Lipinski definition) is 1. The fourth-order valence-corrected chi connectivity index (χ4v) is 3.03. The van der Waals surface area contributed by atoms with Gasteiger partial charge in [-0.25, -0.2) is 4.39 Å². The molecule has 1 saturated heterocycles. The Kier molecular flexibility index (Phi) is 4.54. The Labute approximate surface area is 110 Å². The number of rotatable bonds is 3. The predicted molar refractivity (Wildman–Crippen MR) is 72.0 cm³/mol. The van der Waals surface area contributed by atoms with Gasteiger partial charge in [-0.1, -0.05) is 28.1 Å². The van der Waals surface area contributed by atoms with Crippen LogP contribution in [0.1, 0.15) is 17.2 Å². The zero-order valence-corrected chi connectivity index (χ0v) is 11.6. The molecule has 0 spiro atoms. The summed E-state index contributed by atoms with van der Waals surface area (Å²) in [5.74, 6) is 0. The largest absolute Gasteiger partial charge is 0.314 e. The Morgan fingerprint density at radius 3 is 2.71 bits per heavy atom. The van der Waals surface area contributed by atoms with Gasteiger partial charge in [-0.3, -0.25) is 4.90 Å². The van der Waals surface area contributed by atoms with Crippen LogP contribution in [0.25, 0.3) is 0 Å². The molecule has 17 heavy (non-hydrogen) atoms. The summed E-state index contributed by atoms with van der Waals surface area (Å²) < 4.78 is 14.3. The van der Waals surface area contributed by atoms with Crippen LogP contribution in [-0.4, -0.2) is 37.8 Å². The lowest BCUT2D eigenvalue weighted by Crippen LogP contribution is -2.45. The van der Waals surface area contributed by atoms with Crippen LogP contribution in [0.3, 0.4) is 0 Å². The number of nitrogens with one attached hydrogen (secondary N) is 1. The van der Waals surface area contributed by atoms with Crippen molar-refractivity contribution in [2.75, 3.05) is 32.9 Å². The number of benzene rings is 1. The van der Waals surface area contributed by atoms with Crippen LogP contribution in [0.5, 0.6) is 0 Å². The summed E-state index contributed by atoms with van der Waals surface area (Å²) in [5.41, 5.74) is 2.25. The topological polar surface area (TPSA) is 15.3 Å². The van der Waals surface area contributed by atoms with Gasteiger partial charge in [0.1, 0.15) is 6.67 Å². The second-order valence-corrected chi connectivity index (χ2v) is 5.34. The van der Waals surface area contributed by atoms with Gasteiger partial charge in [0.25, 0.3) is 0 Å². The van der Waals surface area contributed by atoms with E-state index in [0.29, 0.717) is 0 Å². The van der Waals surface area contributed by atoms with Gasteiger partial charge in [0.15, 0.2) is 0 Å². The Morgan fingerprint density at radius 1 is 1.41 bits per heavy atom. The summed E-state index contributed by atoms with van der Waals surface area (Å²) in [6.07, 6.45) is 0. The van der Waals surface area contributed by atoms with Gasteiger partial charge in [-0.05, 0) is 24.1 Å². The number of aryl methyl sites for hydroxylation is 1. The number of hydrogen-bond acceptors (Lipinski definition) is 2. The Morgan fingerprint density at radius 2 is 2.12 bits per heavy atom. The highest BCUT2D eigenvalue weighted by molar-refractivity contribution is 9.10. The monoisotopic (exact) mass is 300 g/mol. The smallest absolute Gasteiger partial charge is 0.109 e. The zero-order chi connectivity index (χ0) is 12.3. The highest BCUT2D eigenvalue weighted by Crippen LogP contribution is 2.29. The molecule has 2 rings (SSSR count). The second-order valence-electron chi connectivity index (χ2n) is 4.48. The van der Waals surface area contributed by atoms with E-state index in [-0.39, 0.29) is 12.7 Å². The Balaban J connectivity index is 2.21. The van der Waals surface area contributed by atoms with Gasteiger partial charge >= 0.3 is 0 Å². The molecule has 1 aromatic carbocycles. The normalized spacial score (nSPS) is 19.2. The van der Waals surface area contributed by atoms with Crippen molar-refractivity contribution in [1.29, 1.82) is 0 Å². The summed E-state index contributed by atoms with van der Waals surface area (Å²) in [6.45, 7) is 5.43. The molecule has 0 aromatic heterocycles. The van der Waals surface area contributed by atoms with Gasteiger partial charge < -0.3 is 5.32 Å². The number of halogens is 2. The van der Waals surface area contributed by atoms with Crippen molar-refractivity contribution in [1.82, 2.24) is 10.2 Å². The highest BCUT2D eigenvalue weighted by atomic mass is 79.9. The fourth-order valence-electron chi connectivity index (χ4n) is 2.27. The molecule has 1 heterocycles. The quantitative estimate of drug-likeness (QED) is 0.923. The third-order valence-corrected chi connectivity index (χ3v) is 3.94. The molecule has 1 aliphatic rings. The van der Waals surface area contributed by atoms with E-state index in [1.807, 2.05) is 19.1 Å². The summed E-state index contributed by atoms with van der Waals surface area (Å²) in [4.78, 5) is 2.21. The van der Waals surface area contributed by atoms with Crippen molar-refractivity contribution in [3.8, 4) is 0 Å². The van der Waals surface area contributed by atoms with Gasteiger partial charge in [-0.2, -0.15) is 0 Å². The molecule has 0 bridgehead atoms. The van der Waals surface area contributed by atoms with Crippen LogP contribution in [-0.2, 0) is 0 Å². The first-order valence-corrected chi connectivity index (χ1v) is 6.78. The number of nitrogens with zero attached hydrogens (tertiary/aromatic N) is 1. The van der Waals surface area contributed by atoms with E-state index in [9.17, 15) is 4.39 Å². The van der Waals surface area contributed by atoms with E-state index in [2.05, 4.69) is 32.2 Å². The van der Waals surface area contributed by atoms with E-state index >= 15 is 0 Å². The lowest BCUT2D eigenvalue weighted by Gasteiger charge is -2.34. The lowest BCUT2D eigenvalue weighted by molar-refractivity contribution is 0.147. The van der Waals surface area contributed by atoms with Crippen LogP contribution >= 0.6 is 15.9 Å². The average molecular weight is 301 g/mol. The van der Waals surface area contributed by atoms with Gasteiger partial charge in [0.05, 0.1) is 6.04 Å². The van der Waals surface area contributed by atoms with E-state index in [0.717, 1.165) is 36.2 Å². The Bertz CT molecular complexity index is 378. The van der Waals surface area contributed by atoms with Crippen LogP contribution in [0, 0.1) is 6.92 Å². The molecule has 0 aliphatic carbocycles. The van der Waals surface area contributed by atoms with Gasteiger partial charge in [-0.15, -0.1) is 0 Å². The van der Waals surface area contributed by atoms with Crippen molar-refractivity contribution in [2.24, 2.45) is 0 Å². The molecule has 0 amide bonds. The first-order chi connectivity index (χ1) is 8.22. The van der Waals surface area contributed by atoms with Crippen molar-refractivity contribution >= 4 is 15.9 Å². The van der Waals surface area contributed by atoms with Crippen molar-refractivity contribution in [2.45, 2.75) is 13.0 Å². The molecule has 2 nitrogen and oxygen atoms in total. The van der Waals surface area contributed by atoms with Crippen LogP contribution in [0.4, 0.5) is 4.39 Å². The van der Waals surface area contributed by atoms with Crippen molar-refractivity contribution in [3.63, 3.8) is 0 Å². The molecule has 1 N–H and O–H groups in total. The minimum Gasteiger partial charge on any atom is -0.314 e. The lowest BCUT2D eigenvalue weighted by atomic mass is 10.0. The van der Waals surface area contributed by atoms with E-state index in [1.165, 1.54) is 5.56 Å². The van der Waals surface area contributed by atoms with Gasteiger partial charge in [0, 0.05) is 30.7 Å².